The molecule has 3 rings (SSSR count). The van der Waals surface area contributed by atoms with Gasteiger partial charge < -0.3 is 5.73 Å². The number of carbonyl (C=O) groups excluding carboxylic acids is 2. The molecular formula is C14H13N3O2. The molecule has 1 aliphatic heterocycles. The van der Waals surface area contributed by atoms with E-state index in [2.05, 4.69) is 10.3 Å². The van der Waals surface area contributed by atoms with Gasteiger partial charge in [-0.05, 0) is 29.5 Å². The number of nitrogens with zero attached hydrogens (tertiary/aromatic N) is 1. The summed E-state index contributed by atoms with van der Waals surface area (Å²) in [5.74, 6) is -0.779. The zero-order valence-electron chi connectivity index (χ0n) is 10.2. The summed E-state index contributed by atoms with van der Waals surface area (Å²) in [6.45, 7) is 0. The lowest BCUT2D eigenvalue weighted by atomic mass is 9.88. The molecule has 5 heteroatoms. The Morgan fingerprint density at radius 3 is 2.89 bits per heavy atom. The zero-order valence-corrected chi connectivity index (χ0v) is 10.2. The van der Waals surface area contributed by atoms with Gasteiger partial charge >= 0.3 is 0 Å². The maximum Gasteiger partial charge on any atom is 0.234 e. The first-order valence-electron chi connectivity index (χ1n) is 6.12. The topological polar surface area (TPSA) is 85.1 Å². The highest BCUT2D eigenvalue weighted by Gasteiger charge is 2.29. The first-order valence-corrected chi connectivity index (χ1v) is 6.12. The summed E-state index contributed by atoms with van der Waals surface area (Å²) < 4.78 is 0. The lowest BCUT2D eigenvalue weighted by Crippen LogP contribution is -2.39. The number of rotatable bonds is 1. The summed E-state index contributed by atoms with van der Waals surface area (Å²) in [4.78, 5) is 27.3. The third-order valence-electron chi connectivity index (χ3n) is 3.43. The normalized spacial score (nSPS) is 19.5. The number of anilines is 1. The fraction of sp³-hybridized carbons (Fsp3) is 0.214. The Hall–Kier alpha value is -2.43. The van der Waals surface area contributed by atoms with Crippen molar-refractivity contribution in [3.63, 3.8) is 0 Å². The molecule has 1 aliphatic rings. The van der Waals surface area contributed by atoms with Crippen LogP contribution < -0.4 is 11.1 Å². The summed E-state index contributed by atoms with van der Waals surface area (Å²) in [5.41, 5.74) is 7.26. The van der Waals surface area contributed by atoms with Crippen LogP contribution in [0.5, 0.6) is 0 Å². The maximum absolute atomic E-state index is 11.9. The van der Waals surface area contributed by atoms with Gasteiger partial charge in [0, 0.05) is 29.9 Å². The Bertz CT molecular complexity index is 681. The van der Waals surface area contributed by atoms with Crippen molar-refractivity contribution in [2.24, 2.45) is 0 Å². The zero-order chi connectivity index (χ0) is 13.4. The van der Waals surface area contributed by atoms with Crippen molar-refractivity contribution in [1.82, 2.24) is 10.3 Å². The van der Waals surface area contributed by atoms with Crippen LogP contribution in [-0.4, -0.2) is 16.8 Å². The number of imide groups is 1. The number of hydrogen-bond acceptors (Lipinski definition) is 4. The predicted octanol–water partition coefficient (Wildman–Crippen LogP) is 1.34. The minimum Gasteiger partial charge on any atom is -0.399 e. The maximum atomic E-state index is 11.9. The van der Waals surface area contributed by atoms with Gasteiger partial charge in [0.2, 0.25) is 11.8 Å². The SMILES string of the molecule is Nc1ccc2c(C3CCC(=O)NC3=O)cncc2c1. The highest BCUT2D eigenvalue weighted by Crippen LogP contribution is 2.30. The second-order valence-corrected chi connectivity index (χ2v) is 4.71. The molecule has 0 spiro atoms. The molecule has 1 atom stereocenters. The number of carbonyl (C=O) groups is 2. The van der Waals surface area contributed by atoms with E-state index in [0.29, 0.717) is 18.5 Å². The lowest BCUT2D eigenvalue weighted by Gasteiger charge is -2.22. The second kappa shape index (κ2) is 4.35. The molecule has 1 saturated heterocycles. The van der Waals surface area contributed by atoms with Gasteiger partial charge in [0.15, 0.2) is 0 Å². The van der Waals surface area contributed by atoms with Crippen LogP contribution in [0.15, 0.2) is 30.6 Å². The molecule has 1 aromatic carbocycles. The molecule has 1 aromatic heterocycles. The van der Waals surface area contributed by atoms with Crippen LogP contribution in [-0.2, 0) is 9.59 Å². The van der Waals surface area contributed by atoms with E-state index in [0.717, 1.165) is 16.3 Å². The molecule has 1 fully saturated rings. The minimum absolute atomic E-state index is 0.210. The molecule has 5 nitrogen and oxygen atoms in total. The molecule has 2 amide bonds. The molecule has 0 saturated carbocycles. The summed E-state index contributed by atoms with van der Waals surface area (Å²) >= 11 is 0. The molecule has 1 unspecified atom stereocenters. The van der Waals surface area contributed by atoms with Gasteiger partial charge in [0.05, 0.1) is 5.92 Å². The number of amides is 2. The molecule has 0 bridgehead atoms. The van der Waals surface area contributed by atoms with Crippen LogP contribution in [0.25, 0.3) is 10.8 Å². The van der Waals surface area contributed by atoms with Crippen LogP contribution in [0.2, 0.25) is 0 Å². The van der Waals surface area contributed by atoms with Gasteiger partial charge in [0.25, 0.3) is 0 Å². The van der Waals surface area contributed by atoms with Gasteiger partial charge in [-0.2, -0.15) is 0 Å². The Morgan fingerprint density at radius 1 is 1.26 bits per heavy atom. The van der Waals surface area contributed by atoms with E-state index >= 15 is 0 Å². The molecular weight excluding hydrogens is 242 g/mol. The van der Waals surface area contributed by atoms with Crippen molar-refractivity contribution in [3.05, 3.63) is 36.2 Å². The van der Waals surface area contributed by atoms with Crippen LogP contribution in [0.4, 0.5) is 5.69 Å². The molecule has 2 heterocycles. The molecule has 96 valence electrons. The largest absolute Gasteiger partial charge is 0.399 e. The summed E-state index contributed by atoms with van der Waals surface area (Å²) in [6, 6.07) is 5.53. The van der Waals surface area contributed by atoms with Crippen molar-refractivity contribution in [2.45, 2.75) is 18.8 Å². The number of fused-ring (bicyclic) bond motifs is 1. The number of nitrogens with one attached hydrogen (secondary N) is 1. The number of nitrogens with two attached hydrogens (primary N) is 1. The van der Waals surface area contributed by atoms with Crippen LogP contribution in [0.3, 0.4) is 0 Å². The van der Waals surface area contributed by atoms with Crippen molar-refractivity contribution in [2.75, 3.05) is 5.73 Å². The Kier molecular flexibility index (Phi) is 2.67. The van der Waals surface area contributed by atoms with Gasteiger partial charge in [-0.15, -0.1) is 0 Å². The van der Waals surface area contributed by atoms with Crippen LogP contribution in [0, 0.1) is 0 Å². The first kappa shape index (κ1) is 11.6. The number of benzene rings is 1. The number of aromatic nitrogens is 1. The third-order valence-corrected chi connectivity index (χ3v) is 3.43. The Morgan fingerprint density at radius 2 is 2.11 bits per heavy atom. The van der Waals surface area contributed by atoms with E-state index in [9.17, 15) is 9.59 Å². The highest BCUT2D eigenvalue weighted by molar-refractivity contribution is 6.03. The van der Waals surface area contributed by atoms with Gasteiger partial charge in [0.1, 0.15) is 0 Å². The van der Waals surface area contributed by atoms with E-state index < -0.39 is 0 Å². The predicted molar refractivity (Wildman–Crippen MR) is 71.3 cm³/mol. The number of piperidine rings is 1. The van der Waals surface area contributed by atoms with E-state index in [1.165, 1.54) is 0 Å². The van der Waals surface area contributed by atoms with E-state index in [1.54, 1.807) is 18.5 Å². The van der Waals surface area contributed by atoms with Gasteiger partial charge in [-0.3, -0.25) is 19.9 Å². The van der Waals surface area contributed by atoms with Crippen molar-refractivity contribution >= 4 is 28.3 Å². The molecule has 19 heavy (non-hydrogen) atoms. The fourth-order valence-electron chi connectivity index (χ4n) is 2.49. The van der Waals surface area contributed by atoms with Crippen molar-refractivity contribution in [1.29, 1.82) is 0 Å². The summed E-state index contributed by atoms with van der Waals surface area (Å²) in [6.07, 6.45) is 4.30. The molecule has 0 aliphatic carbocycles. The number of hydrogen-bond donors (Lipinski definition) is 2. The number of nitrogen functional groups attached to an aromatic ring is 1. The van der Waals surface area contributed by atoms with E-state index in [1.807, 2.05) is 12.1 Å². The summed E-state index contributed by atoms with van der Waals surface area (Å²) in [5, 5.41) is 4.24. The van der Waals surface area contributed by atoms with Crippen molar-refractivity contribution in [3.8, 4) is 0 Å². The van der Waals surface area contributed by atoms with Gasteiger partial charge in [-0.1, -0.05) is 6.07 Å². The summed E-state index contributed by atoms with van der Waals surface area (Å²) in [7, 11) is 0. The van der Waals surface area contributed by atoms with Crippen LogP contribution in [0.1, 0.15) is 24.3 Å². The third kappa shape index (κ3) is 2.03. The lowest BCUT2D eigenvalue weighted by molar-refractivity contribution is -0.134. The average Bonchev–Trinajstić information content (AvgIpc) is 2.38. The monoisotopic (exact) mass is 255 g/mol. The van der Waals surface area contributed by atoms with E-state index in [-0.39, 0.29) is 17.7 Å². The fourth-order valence-corrected chi connectivity index (χ4v) is 2.49. The molecule has 3 N–H and O–H groups in total. The quantitative estimate of drug-likeness (QED) is 0.594. The molecule has 0 radical (unpaired) electrons. The van der Waals surface area contributed by atoms with Gasteiger partial charge in [-0.25, -0.2) is 0 Å². The smallest absolute Gasteiger partial charge is 0.234 e. The highest BCUT2D eigenvalue weighted by atomic mass is 16.2. The second-order valence-electron chi connectivity index (χ2n) is 4.71. The van der Waals surface area contributed by atoms with E-state index in [4.69, 9.17) is 5.73 Å². The Labute approximate surface area is 109 Å². The number of pyridine rings is 1. The average molecular weight is 255 g/mol. The molecule has 2 aromatic rings. The van der Waals surface area contributed by atoms with Crippen molar-refractivity contribution < 1.29 is 9.59 Å². The Balaban J connectivity index is 2.10. The first-order chi connectivity index (χ1) is 9.15. The van der Waals surface area contributed by atoms with Crippen LogP contribution >= 0.6 is 0 Å². The minimum atomic E-state index is -0.322. The standard InChI is InChI=1S/C14H13N3O2/c15-9-1-2-10-8(5-9)6-16-7-12(10)11-3-4-13(18)17-14(11)19/h1-2,5-7,11H,3-4,15H2,(H,17,18,19).